The van der Waals surface area contributed by atoms with Crippen molar-refractivity contribution in [3.8, 4) is 11.3 Å². The third-order valence-corrected chi connectivity index (χ3v) is 3.68. The van der Waals surface area contributed by atoms with E-state index in [1.165, 1.54) is 12.1 Å². The Morgan fingerprint density at radius 1 is 1.04 bits per heavy atom. The van der Waals surface area contributed by atoms with Gasteiger partial charge in [-0.2, -0.15) is 0 Å². The lowest BCUT2D eigenvalue weighted by Gasteiger charge is -2.06. The molecule has 0 aliphatic carbocycles. The summed E-state index contributed by atoms with van der Waals surface area (Å²) >= 11 is 0. The molecule has 23 heavy (non-hydrogen) atoms. The van der Waals surface area contributed by atoms with Crippen LogP contribution in [0.2, 0.25) is 0 Å². The number of benzene rings is 2. The van der Waals surface area contributed by atoms with E-state index in [4.69, 9.17) is 4.42 Å². The minimum Gasteiger partial charge on any atom is -0.461 e. The van der Waals surface area contributed by atoms with Gasteiger partial charge in [0.1, 0.15) is 17.3 Å². The van der Waals surface area contributed by atoms with Crippen LogP contribution in [0.5, 0.6) is 0 Å². The molecule has 1 aromatic heterocycles. The van der Waals surface area contributed by atoms with Gasteiger partial charge in [-0.25, -0.2) is 4.39 Å². The molecule has 0 spiro atoms. The van der Waals surface area contributed by atoms with Crippen LogP contribution >= 0.6 is 0 Å². The average Bonchev–Trinajstić information content (AvgIpc) is 2.92. The highest BCUT2D eigenvalue weighted by atomic mass is 19.1. The molecular weight excluding hydrogens is 293 g/mol. The molecule has 0 unspecified atom stereocenters. The van der Waals surface area contributed by atoms with Gasteiger partial charge >= 0.3 is 0 Å². The van der Waals surface area contributed by atoms with E-state index < -0.39 is 0 Å². The zero-order valence-corrected chi connectivity index (χ0v) is 12.9. The summed E-state index contributed by atoms with van der Waals surface area (Å²) in [6.07, 6.45) is 0. The maximum atomic E-state index is 13.0. The lowest BCUT2D eigenvalue weighted by atomic mass is 10.1. The van der Waals surface area contributed by atoms with E-state index in [2.05, 4.69) is 5.32 Å². The Morgan fingerprint density at radius 3 is 2.43 bits per heavy atom. The highest BCUT2D eigenvalue weighted by Crippen LogP contribution is 2.26. The molecule has 3 aromatic rings. The van der Waals surface area contributed by atoms with Crippen LogP contribution in [0.1, 0.15) is 21.7 Å². The first-order valence-electron chi connectivity index (χ1n) is 7.28. The van der Waals surface area contributed by atoms with E-state index in [0.29, 0.717) is 17.1 Å². The molecule has 0 radical (unpaired) electrons. The monoisotopic (exact) mass is 309 g/mol. The van der Waals surface area contributed by atoms with Gasteiger partial charge in [0, 0.05) is 11.3 Å². The Balaban J connectivity index is 1.87. The molecule has 1 amide bonds. The van der Waals surface area contributed by atoms with Crippen molar-refractivity contribution >= 4 is 11.6 Å². The van der Waals surface area contributed by atoms with Crippen molar-refractivity contribution in [1.29, 1.82) is 0 Å². The molecule has 0 aliphatic heterocycles. The summed E-state index contributed by atoms with van der Waals surface area (Å²) in [5.41, 5.74) is 2.94. The predicted molar refractivity (Wildman–Crippen MR) is 88.0 cm³/mol. The number of para-hydroxylation sites is 1. The third-order valence-electron chi connectivity index (χ3n) is 3.68. The second-order valence-electron chi connectivity index (χ2n) is 5.36. The van der Waals surface area contributed by atoms with Gasteiger partial charge in [-0.15, -0.1) is 0 Å². The van der Waals surface area contributed by atoms with E-state index in [1.807, 2.05) is 31.2 Å². The van der Waals surface area contributed by atoms with Gasteiger partial charge < -0.3 is 9.73 Å². The standard InChI is InChI=1S/C19H16FNO2/c1-12-5-3-4-6-17(12)21-19(22)16-11-18(23-13(16)2)14-7-9-15(20)10-8-14/h3-11H,1-2H3,(H,21,22). The average molecular weight is 309 g/mol. The van der Waals surface area contributed by atoms with Gasteiger partial charge in [-0.3, -0.25) is 4.79 Å². The first-order valence-corrected chi connectivity index (χ1v) is 7.28. The SMILES string of the molecule is Cc1ccccc1NC(=O)c1cc(-c2ccc(F)cc2)oc1C. The van der Waals surface area contributed by atoms with E-state index in [0.717, 1.165) is 16.8 Å². The Hall–Kier alpha value is -2.88. The molecule has 0 aliphatic rings. The zero-order valence-electron chi connectivity index (χ0n) is 12.9. The van der Waals surface area contributed by atoms with Crippen LogP contribution in [0, 0.1) is 19.7 Å². The number of hydrogen-bond acceptors (Lipinski definition) is 2. The van der Waals surface area contributed by atoms with Crippen molar-refractivity contribution in [3.05, 3.63) is 77.3 Å². The van der Waals surface area contributed by atoms with Crippen LogP contribution in [-0.4, -0.2) is 5.91 Å². The number of halogens is 1. The number of carbonyl (C=O) groups excluding carboxylic acids is 1. The summed E-state index contributed by atoms with van der Waals surface area (Å²) in [6, 6.07) is 15.2. The number of nitrogens with one attached hydrogen (secondary N) is 1. The van der Waals surface area contributed by atoms with Crippen molar-refractivity contribution < 1.29 is 13.6 Å². The summed E-state index contributed by atoms with van der Waals surface area (Å²) in [5, 5.41) is 2.88. The molecule has 1 heterocycles. The largest absolute Gasteiger partial charge is 0.461 e. The molecular formula is C19H16FNO2. The van der Waals surface area contributed by atoms with Gasteiger partial charge in [-0.1, -0.05) is 18.2 Å². The van der Waals surface area contributed by atoms with E-state index in [9.17, 15) is 9.18 Å². The fourth-order valence-electron chi connectivity index (χ4n) is 2.37. The smallest absolute Gasteiger partial charge is 0.259 e. The molecule has 4 heteroatoms. The number of hydrogen-bond donors (Lipinski definition) is 1. The van der Waals surface area contributed by atoms with Crippen LogP contribution in [0.15, 0.2) is 59.0 Å². The second-order valence-corrected chi connectivity index (χ2v) is 5.36. The second kappa shape index (κ2) is 6.08. The number of furan rings is 1. The topological polar surface area (TPSA) is 42.2 Å². The van der Waals surface area contributed by atoms with Crippen LogP contribution in [-0.2, 0) is 0 Å². The molecule has 3 nitrogen and oxygen atoms in total. The first kappa shape index (κ1) is 15.0. The van der Waals surface area contributed by atoms with Gasteiger partial charge in [-0.05, 0) is 55.8 Å². The number of carbonyl (C=O) groups is 1. The summed E-state index contributed by atoms with van der Waals surface area (Å²) in [6.45, 7) is 3.67. The van der Waals surface area contributed by atoms with Crippen molar-refractivity contribution in [2.75, 3.05) is 5.32 Å². The number of anilines is 1. The van der Waals surface area contributed by atoms with Crippen LogP contribution < -0.4 is 5.32 Å². The molecule has 2 aromatic carbocycles. The minimum absolute atomic E-state index is 0.228. The quantitative estimate of drug-likeness (QED) is 0.743. The highest BCUT2D eigenvalue weighted by Gasteiger charge is 2.16. The van der Waals surface area contributed by atoms with Crippen LogP contribution in [0.3, 0.4) is 0 Å². The summed E-state index contributed by atoms with van der Waals surface area (Å²) < 4.78 is 18.6. The van der Waals surface area contributed by atoms with Crippen molar-refractivity contribution in [1.82, 2.24) is 0 Å². The van der Waals surface area contributed by atoms with Gasteiger partial charge in [0.05, 0.1) is 5.56 Å². The first-order chi connectivity index (χ1) is 11.0. The molecule has 0 bridgehead atoms. The van der Waals surface area contributed by atoms with E-state index >= 15 is 0 Å². The van der Waals surface area contributed by atoms with Gasteiger partial charge in [0.25, 0.3) is 5.91 Å². The predicted octanol–water partition coefficient (Wildman–Crippen LogP) is 4.95. The fraction of sp³-hybridized carbons (Fsp3) is 0.105. The molecule has 116 valence electrons. The van der Waals surface area contributed by atoms with Gasteiger partial charge in [0.2, 0.25) is 0 Å². The third kappa shape index (κ3) is 3.16. The molecule has 0 saturated heterocycles. The Morgan fingerprint density at radius 2 is 1.74 bits per heavy atom. The zero-order chi connectivity index (χ0) is 16.4. The normalized spacial score (nSPS) is 10.6. The molecule has 1 N–H and O–H groups in total. The van der Waals surface area contributed by atoms with Gasteiger partial charge in [0.15, 0.2) is 0 Å². The Labute approximate surface area is 133 Å². The minimum atomic E-state index is -0.311. The molecule has 0 saturated carbocycles. The lowest BCUT2D eigenvalue weighted by Crippen LogP contribution is -2.12. The van der Waals surface area contributed by atoms with E-state index in [1.54, 1.807) is 25.1 Å². The van der Waals surface area contributed by atoms with Crippen molar-refractivity contribution in [3.63, 3.8) is 0 Å². The Kier molecular flexibility index (Phi) is 3.98. The number of rotatable bonds is 3. The fourth-order valence-corrected chi connectivity index (χ4v) is 2.37. The molecule has 0 fully saturated rings. The van der Waals surface area contributed by atoms with Crippen molar-refractivity contribution in [2.24, 2.45) is 0 Å². The van der Waals surface area contributed by atoms with Crippen molar-refractivity contribution in [2.45, 2.75) is 13.8 Å². The maximum Gasteiger partial charge on any atom is 0.259 e. The number of amides is 1. The lowest BCUT2D eigenvalue weighted by molar-refractivity contribution is 0.102. The summed E-state index contributed by atoms with van der Waals surface area (Å²) in [4.78, 5) is 12.5. The summed E-state index contributed by atoms with van der Waals surface area (Å²) in [5.74, 6) is 0.524. The molecule has 3 rings (SSSR count). The Bertz CT molecular complexity index is 850. The molecule has 0 atom stereocenters. The maximum absolute atomic E-state index is 13.0. The summed E-state index contributed by atoms with van der Waals surface area (Å²) in [7, 11) is 0. The highest BCUT2D eigenvalue weighted by molar-refractivity contribution is 6.05. The number of aryl methyl sites for hydroxylation is 2. The van der Waals surface area contributed by atoms with Crippen LogP contribution in [0.25, 0.3) is 11.3 Å². The van der Waals surface area contributed by atoms with E-state index in [-0.39, 0.29) is 11.7 Å². The van der Waals surface area contributed by atoms with Crippen LogP contribution in [0.4, 0.5) is 10.1 Å².